The molecule has 0 saturated heterocycles. The molecule has 0 aliphatic heterocycles. The van der Waals surface area contributed by atoms with Gasteiger partial charge in [-0.3, -0.25) is 0 Å². The van der Waals surface area contributed by atoms with Gasteiger partial charge in [0.05, 0.1) is 0 Å². The summed E-state index contributed by atoms with van der Waals surface area (Å²) in [4.78, 5) is 11.6. The van der Waals surface area contributed by atoms with Gasteiger partial charge in [-0.15, -0.1) is 0 Å². The van der Waals surface area contributed by atoms with Crippen molar-refractivity contribution in [1.29, 1.82) is 0 Å². The van der Waals surface area contributed by atoms with Crippen molar-refractivity contribution in [2.75, 3.05) is 5.32 Å². The first kappa shape index (κ1) is 13.3. The Hall–Kier alpha value is -1.77. The molecule has 0 fully saturated rings. The summed E-state index contributed by atoms with van der Waals surface area (Å²) in [6.07, 6.45) is 3.60. The Bertz CT molecular complexity index is 422. The van der Waals surface area contributed by atoms with Crippen molar-refractivity contribution >= 4 is 11.7 Å². The second-order valence-electron chi connectivity index (χ2n) is 4.52. The minimum atomic E-state index is -0.214. The van der Waals surface area contributed by atoms with Gasteiger partial charge in [0.15, 0.2) is 0 Å². The Balaban J connectivity index is 2.56. The third-order valence-electron chi connectivity index (χ3n) is 2.33. The number of aryl methyl sites for hydroxylation is 2. The van der Waals surface area contributed by atoms with Crippen molar-refractivity contribution in [1.82, 2.24) is 5.32 Å². The molecule has 2 N–H and O–H groups in total. The van der Waals surface area contributed by atoms with Gasteiger partial charge in [0.2, 0.25) is 0 Å². The van der Waals surface area contributed by atoms with E-state index in [0.29, 0.717) is 5.92 Å². The number of carbonyl (C=O) groups is 1. The SMILES string of the molecule is Cc1ccc(NC(=O)N/C=C/C(C)C)c(C)c1. The van der Waals surface area contributed by atoms with Crippen LogP contribution in [0, 0.1) is 19.8 Å². The maximum absolute atomic E-state index is 11.6. The number of urea groups is 1. The predicted octanol–water partition coefficient (Wildman–Crippen LogP) is 3.59. The zero-order valence-electron chi connectivity index (χ0n) is 10.9. The summed E-state index contributed by atoms with van der Waals surface area (Å²) in [5.74, 6) is 0.427. The van der Waals surface area contributed by atoms with Gasteiger partial charge in [-0.25, -0.2) is 4.79 Å². The van der Waals surface area contributed by atoms with Gasteiger partial charge in [0.1, 0.15) is 0 Å². The molecular weight excluding hydrogens is 212 g/mol. The van der Waals surface area contributed by atoms with Crippen molar-refractivity contribution in [3.63, 3.8) is 0 Å². The van der Waals surface area contributed by atoms with Gasteiger partial charge < -0.3 is 10.6 Å². The fourth-order valence-electron chi connectivity index (χ4n) is 1.43. The predicted molar refractivity (Wildman–Crippen MR) is 72.0 cm³/mol. The van der Waals surface area contributed by atoms with Crippen LogP contribution in [0.5, 0.6) is 0 Å². The van der Waals surface area contributed by atoms with Crippen LogP contribution in [-0.2, 0) is 0 Å². The minimum Gasteiger partial charge on any atom is -0.315 e. The van der Waals surface area contributed by atoms with Gasteiger partial charge in [-0.05, 0) is 31.4 Å². The van der Waals surface area contributed by atoms with Gasteiger partial charge in [0.25, 0.3) is 0 Å². The molecule has 17 heavy (non-hydrogen) atoms. The Morgan fingerprint density at radius 3 is 2.59 bits per heavy atom. The molecule has 92 valence electrons. The van der Waals surface area contributed by atoms with E-state index in [1.165, 1.54) is 5.56 Å². The second-order valence-corrected chi connectivity index (χ2v) is 4.52. The van der Waals surface area contributed by atoms with Crippen LogP contribution in [0.3, 0.4) is 0 Å². The molecule has 2 amide bonds. The van der Waals surface area contributed by atoms with Gasteiger partial charge >= 0.3 is 6.03 Å². The van der Waals surface area contributed by atoms with E-state index in [0.717, 1.165) is 11.3 Å². The van der Waals surface area contributed by atoms with E-state index in [-0.39, 0.29) is 6.03 Å². The molecule has 0 aromatic heterocycles. The normalized spacial score (nSPS) is 10.9. The van der Waals surface area contributed by atoms with E-state index in [4.69, 9.17) is 0 Å². The number of benzene rings is 1. The van der Waals surface area contributed by atoms with Crippen LogP contribution in [0.4, 0.5) is 10.5 Å². The molecule has 0 saturated carbocycles. The number of hydrogen-bond donors (Lipinski definition) is 2. The van der Waals surface area contributed by atoms with E-state index < -0.39 is 0 Å². The molecule has 0 bridgehead atoms. The molecule has 1 aromatic carbocycles. The van der Waals surface area contributed by atoms with Crippen molar-refractivity contribution in [2.45, 2.75) is 27.7 Å². The average Bonchev–Trinajstić information content (AvgIpc) is 2.21. The lowest BCUT2D eigenvalue weighted by Gasteiger charge is -2.08. The fourth-order valence-corrected chi connectivity index (χ4v) is 1.43. The number of nitrogens with one attached hydrogen (secondary N) is 2. The topological polar surface area (TPSA) is 41.1 Å². The molecule has 1 aromatic rings. The van der Waals surface area contributed by atoms with E-state index in [2.05, 4.69) is 24.5 Å². The smallest absolute Gasteiger partial charge is 0.315 e. The first-order valence-corrected chi connectivity index (χ1v) is 5.80. The lowest BCUT2D eigenvalue weighted by molar-refractivity contribution is 0.255. The third-order valence-corrected chi connectivity index (χ3v) is 2.33. The van der Waals surface area contributed by atoms with E-state index in [1.54, 1.807) is 6.20 Å². The standard InChI is InChI=1S/C14H20N2O/c1-10(2)7-8-15-14(17)16-13-6-5-11(3)9-12(13)4/h5-10H,1-4H3,(H2,15,16,17)/b8-7+. The quantitative estimate of drug-likeness (QED) is 0.821. The lowest BCUT2D eigenvalue weighted by atomic mass is 10.1. The molecule has 0 atom stereocenters. The van der Waals surface area contributed by atoms with E-state index in [9.17, 15) is 4.79 Å². The van der Waals surface area contributed by atoms with Crippen LogP contribution in [-0.4, -0.2) is 6.03 Å². The monoisotopic (exact) mass is 232 g/mol. The van der Waals surface area contributed by atoms with Crippen LogP contribution in [0.25, 0.3) is 0 Å². The summed E-state index contributed by atoms with van der Waals surface area (Å²) < 4.78 is 0. The number of allylic oxidation sites excluding steroid dienone is 1. The lowest BCUT2D eigenvalue weighted by Crippen LogP contribution is -2.24. The van der Waals surface area contributed by atoms with E-state index in [1.807, 2.05) is 38.1 Å². The van der Waals surface area contributed by atoms with E-state index >= 15 is 0 Å². The van der Waals surface area contributed by atoms with Gasteiger partial charge in [0, 0.05) is 11.9 Å². The fraction of sp³-hybridized carbons (Fsp3) is 0.357. The van der Waals surface area contributed by atoms with Crippen molar-refractivity contribution < 1.29 is 4.79 Å². The van der Waals surface area contributed by atoms with Crippen LogP contribution in [0.15, 0.2) is 30.5 Å². The molecule has 3 heteroatoms. The summed E-state index contributed by atoms with van der Waals surface area (Å²) in [5, 5.41) is 5.48. The summed E-state index contributed by atoms with van der Waals surface area (Å²) >= 11 is 0. The Kier molecular flexibility index (Phi) is 4.76. The second kappa shape index (κ2) is 6.09. The van der Waals surface area contributed by atoms with Gasteiger partial charge in [-0.2, -0.15) is 0 Å². The summed E-state index contributed by atoms with van der Waals surface area (Å²) in [5.41, 5.74) is 3.09. The van der Waals surface area contributed by atoms with Crippen LogP contribution >= 0.6 is 0 Å². The zero-order chi connectivity index (χ0) is 12.8. The summed E-state index contributed by atoms with van der Waals surface area (Å²) in [7, 11) is 0. The zero-order valence-corrected chi connectivity index (χ0v) is 10.9. The Labute approximate surface area is 103 Å². The third kappa shape index (κ3) is 4.72. The highest BCUT2D eigenvalue weighted by Gasteiger charge is 2.02. The highest BCUT2D eigenvalue weighted by molar-refractivity contribution is 5.90. The molecule has 0 heterocycles. The van der Waals surface area contributed by atoms with Crippen LogP contribution < -0.4 is 10.6 Å². The first-order chi connectivity index (χ1) is 7.99. The summed E-state index contributed by atoms with van der Waals surface area (Å²) in [6, 6.07) is 5.72. The van der Waals surface area contributed by atoms with Crippen molar-refractivity contribution in [2.24, 2.45) is 5.92 Å². The Morgan fingerprint density at radius 1 is 1.29 bits per heavy atom. The summed E-state index contributed by atoms with van der Waals surface area (Å²) in [6.45, 7) is 8.12. The molecule has 0 radical (unpaired) electrons. The van der Waals surface area contributed by atoms with Crippen LogP contribution in [0.1, 0.15) is 25.0 Å². The Morgan fingerprint density at radius 2 is 2.00 bits per heavy atom. The number of amides is 2. The highest BCUT2D eigenvalue weighted by Crippen LogP contribution is 2.15. The maximum atomic E-state index is 11.6. The molecule has 0 aliphatic carbocycles. The molecule has 0 unspecified atom stereocenters. The van der Waals surface area contributed by atoms with Crippen molar-refractivity contribution in [3.8, 4) is 0 Å². The highest BCUT2D eigenvalue weighted by atomic mass is 16.2. The van der Waals surface area contributed by atoms with Crippen molar-refractivity contribution in [3.05, 3.63) is 41.6 Å². The first-order valence-electron chi connectivity index (χ1n) is 5.80. The molecule has 3 nitrogen and oxygen atoms in total. The molecule has 0 aliphatic rings. The number of hydrogen-bond acceptors (Lipinski definition) is 1. The minimum absolute atomic E-state index is 0.214. The number of rotatable bonds is 3. The largest absolute Gasteiger partial charge is 0.323 e. The van der Waals surface area contributed by atoms with Crippen LogP contribution in [0.2, 0.25) is 0 Å². The number of anilines is 1. The molecular formula is C14H20N2O. The molecule has 1 rings (SSSR count). The molecule has 0 spiro atoms. The maximum Gasteiger partial charge on any atom is 0.323 e. The number of carbonyl (C=O) groups excluding carboxylic acids is 1. The van der Waals surface area contributed by atoms with Gasteiger partial charge in [-0.1, -0.05) is 37.6 Å². The average molecular weight is 232 g/mol.